The molecule has 1 N–H and O–H groups in total. The number of amides is 2. The number of aryl methyl sites for hydroxylation is 1. The first-order valence-corrected chi connectivity index (χ1v) is 10.4. The van der Waals surface area contributed by atoms with E-state index in [4.69, 9.17) is 4.98 Å². The Kier molecular flexibility index (Phi) is 6.87. The number of benzene rings is 2. The van der Waals surface area contributed by atoms with Crippen LogP contribution in [-0.2, 0) is 22.7 Å². The van der Waals surface area contributed by atoms with Gasteiger partial charge >= 0.3 is 0 Å². The number of hydrogen-bond acceptors (Lipinski definition) is 3. The third-order valence-corrected chi connectivity index (χ3v) is 5.08. The molecule has 2 amide bonds. The fourth-order valence-electron chi connectivity index (χ4n) is 3.63. The van der Waals surface area contributed by atoms with Gasteiger partial charge in [0, 0.05) is 20.0 Å². The van der Waals surface area contributed by atoms with Gasteiger partial charge in [0.25, 0.3) is 0 Å². The van der Waals surface area contributed by atoms with Crippen LogP contribution in [0.3, 0.4) is 0 Å². The lowest BCUT2D eigenvalue weighted by Gasteiger charge is -2.25. The van der Waals surface area contributed by atoms with E-state index in [0.717, 1.165) is 29.0 Å². The van der Waals surface area contributed by atoms with Gasteiger partial charge in [0.2, 0.25) is 11.8 Å². The highest BCUT2D eigenvalue weighted by Crippen LogP contribution is 2.20. The molecule has 0 fully saturated rings. The number of carbonyl (C=O) groups is 2. The Morgan fingerprint density at radius 2 is 1.73 bits per heavy atom. The van der Waals surface area contributed by atoms with Crippen LogP contribution in [0.2, 0.25) is 0 Å². The van der Waals surface area contributed by atoms with E-state index in [2.05, 4.69) is 16.8 Å². The lowest BCUT2D eigenvalue weighted by molar-refractivity contribution is -0.136. The summed E-state index contributed by atoms with van der Waals surface area (Å²) in [5.74, 6) is 0.767. The second-order valence-electron chi connectivity index (χ2n) is 7.96. The number of imidazole rings is 1. The minimum absolute atomic E-state index is 0.124. The lowest BCUT2D eigenvalue weighted by Crippen LogP contribution is -2.41. The Morgan fingerprint density at radius 3 is 2.40 bits per heavy atom. The Balaban J connectivity index is 1.84. The molecule has 1 atom stereocenters. The number of nitrogens with zero attached hydrogens (tertiary/aromatic N) is 3. The largest absolute Gasteiger partial charge is 0.341 e. The minimum atomic E-state index is -0.720. The average Bonchev–Trinajstić information content (AvgIpc) is 3.08. The number of hydrogen-bond donors (Lipinski definition) is 1. The molecule has 0 radical (unpaired) electrons. The highest BCUT2D eigenvalue weighted by molar-refractivity contribution is 5.88. The summed E-state index contributed by atoms with van der Waals surface area (Å²) in [5, 5.41) is 2.93. The van der Waals surface area contributed by atoms with Crippen LogP contribution in [0.15, 0.2) is 54.6 Å². The van der Waals surface area contributed by atoms with Crippen LogP contribution in [0.1, 0.15) is 44.6 Å². The molecule has 0 saturated heterocycles. The van der Waals surface area contributed by atoms with Gasteiger partial charge in [-0.3, -0.25) is 9.59 Å². The van der Waals surface area contributed by atoms with Crippen LogP contribution in [0, 0.1) is 5.92 Å². The third kappa shape index (κ3) is 4.87. The maximum absolute atomic E-state index is 13.4. The number of aromatic nitrogens is 2. The highest BCUT2D eigenvalue weighted by atomic mass is 16.2. The predicted octanol–water partition coefficient (Wildman–Crippen LogP) is 3.92. The summed E-state index contributed by atoms with van der Waals surface area (Å²) < 4.78 is 2.12. The van der Waals surface area contributed by atoms with Crippen LogP contribution in [-0.4, -0.2) is 33.3 Å². The average molecular weight is 407 g/mol. The summed E-state index contributed by atoms with van der Waals surface area (Å²) in [4.78, 5) is 32.2. The Bertz CT molecular complexity index is 1010. The summed E-state index contributed by atoms with van der Waals surface area (Å²) in [6.07, 6.45) is 0.381. The zero-order chi connectivity index (χ0) is 21.7. The van der Waals surface area contributed by atoms with E-state index in [0.29, 0.717) is 13.0 Å². The van der Waals surface area contributed by atoms with Gasteiger partial charge in [0.1, 0.15) is 11.9 Å². The normalized spacial score (nSPS) is 12.2. The summed E-state index contributed by atoms with van der Waals surface area (Å²) in [6, 6.07) is 16.6. The van der Waals surface area contributed by atoms with E-state index < -0.39 is 6.04 Å². The SMILES string of the molecule is CCn1c(CN(C)C(=O)C(NC(=O)CC(C)C)c2ccccc2)nc2ccccc21. The molecule has 0 aliphatic carbocycles. The molecule has 6 heteroatoms. The van der Waals surface area contributed by atoms with E-state index in [1.165, 1.54) is 0 Å². The second-order valence-corrected chi connectivity index (χ2v) is 7.96. The number of fused-ring (bicyclic) bond motifs is 1. The van der Waals surface area contributed by atoms with Gasteiger partial charge in [0.15, 0.2) is 0 Å². The fraction of sp³-hybridized carbons (Fsp3) is 0.375. The Labute approximate surface area is 177 Å². The van der Waals surface area contributed by atoms with E-state index in [1.54, 1.807) is 11.9 Å². The van der Waals surface area contributed by atoms with Crippen molar-refractivity contribution in [2.24, 2.45) is 5.92 Å². The quantitative estimate of drug-likeness (QED) is 0.617. The first-order chi connectivity index (χ1) is 14.4. The standard InChI is InChI=1S/C24H30N4O2/c1-5-28-20-14-10-9-13-19(20)25-21(28)16-27(4)24(30)23(18-11-7-6-8-12-18)26-22(29)15-17(2)3/h6-14,17,23H,5,15-16H2,1-4H3,(H,26,29). The van der Waals surface area contributed by atoms with E-state index in [-0.39, 0.29) is 17.7 Å². The molecule has 0 spiro atoms. The third-order valence-electron chi connectivity index (χ3n) is 5.08. The maximum atomic E-state index is 13.4. The summed E-state index contributed by atoms with van der Waals surface area (Å²) >= 11 is 0. The smallest absolute Gasteiger partial charge is 0.249 e. The van der Waals surface area contributed by atoms with Gasteiger partial charge in [-0.1, -0.05) is 56.3 Å². The molecular formula is C24H30N4O2. The lowest BCUT2D eigenvalue weighted by atomic mass is 10.0. The second kappa shape index (κ2) is 9.57. The van der Waals surface area contributed by atoms with Crippen molar-refractivity contribution in [3.05, 3.63) is 66.0 Å². The van der Waals surface area contributed by atoms with Crippen molar-refractivity contribution in [1.29, 1.82) is 0 Å². The molecule has 0 aliphatic heterocycles. The molecule has 2 aromatic carbocycles. The molecule has 0 aliphatic rings. The Morgan fingerprint density at radius 1 is 1.07 bits per heavy atom. The molecule has 30 heavy (non-hydrogen) atoms. The molecule has 158 valence electrons. The topological polar surface area (TPSA) is 67.2 Å². The van der Waals surface area contributed by atoms with Crippen molar-refractivity contribution in [1.82, 2.24) is 19.8 Å². The number of likely N-dealkylation sites (N-methyl/N-ethyl adjacent to an activating group) is 1. The number of para-hydroxylation sites is 2. The van der Waals surface area contributed by atoms with Gasteiger partial charge < -0.3 is 14.8 Å². The van der Waals surface area contributed by atoms with Crippen LogP contribution in [0.25, 0.3) is 11.0 Å². The van der Waals surface area contributed by atoms with Crippen molar-refractivity contribution in [3.63, 3.8) is 0 Å². The van der Waals surface area contributed by atoms with Gasteiger partial charge in [-0.25, -0.2) is 4.98 Å². The van der Waals surface area contributed by atoms with Crippen LogP contribution in [0.5, 0.6) is 0 Å². The molecule has 0 bridgehead atoms. The molecule has 1 aromatic heterocycles. The molecule has 0 saturated carbocycles. The molecule has 1 unspecified atom stereocenters. The summed E-state index contributed by atoms with van der Waals surface area (Å²) in [6.45, 7) is 7.18. The monoisotopic (exact) mass is 406 g/mol. The van der Waals surface area contributed by atoms with Crippen LogP contribution in [0.4, 0.5) is 0 Å². The highest BCUT2D eigenvalue weighted by Gasteiger charge is 2.27. The fourth-order valence-corrected chi connectivity index (χ4v) is 3.63. The molecule has 3 aromatic rings. The molecule has 3 rings (SSSR count). The van der Waals surface area contributed by atoms with E-state index in [9.17, 15) is 9.59 Å². The maximum Gasteiger partial charge on any atom is 0.249 e. The first kappa shape index (κ1) is 21.6. The zero-order valence-corrected chi connectivity index (χ0v) is 18.1. The van der Waals surface area contributed by atoms with Crippen molar-refractivity contribution < 1.29 is 9.59 Å². The van der Waals surface area contributed by atoms with Crippen molar-refractivity contribution in [2.75, 3.05) is 7.05 Å². The molecular weight excluding hydrogens is 376 g/mol. The minimum Gasteiger partial charge on any atom is -0.341 e. The van der Waals surface area contributed by atoms with Crippen molar-refractivity contribution in [3.8, 4) is 0 Å². The number of nitrogens with one attached hydrogen (secondary N) is 1. The summed E-state index contributed by atoms with van der Waals surface area (Å²) in [7, 11) is 1.76. The van der Waals surface area contributed by atoms with E-state index >= 15 is 0 Å². The van der Waals surface area contributed by atoms with Crippen molar-refractivity contribution >= 4 is 22.8 Å². The van der Waals surface area contributed by atoms with Gasteiger partial charge in [-0.15, -0.1) is 0 Å². The van der Waals surface area contributed by atoms with Gasteiger partial charge in [-0.2, -0.15) is 0 Å². The Hall–Kier alpha value is -3.15. The van der Waals surface area contributed by atoms with E-state index in [1.807, 2.05) is 68.4 Å². The van der Waals surface area contributed by atoms with Crippen LogP contribution >= 0.6 is 0 Å². The van der Waals surface area contributed by atoms with Crippen LogP contribution < -0.4 is 5.32 Å². The first-order valence-electron chi connectivity index (χ1n) is 10.4. The van der Waals surface area contributed by atoms with Gasteiger partial charge in [-0.05, 0) is 30.5 Å². The molecule has 6 nitrogen and oxygen atoms in total. The van der Waals surface area contributed by atoms with Crippen molar-refractivity contribution in [2.45, 2.75) is 46.3 Å². The summed E-state index contributed by atoms with van der Waals surface area (Å²) in [5.41, 5.74) is 2.75. The number of rotatable bonds is 8. The zero-order valence-electron chi connectivity index (χ0n) is 18.1. The predicted molar refractivity (Wildman–Crippen MR) is 119 cm³/mol. The molecule has 1 heterocycles. The van der Waals surface area contributed by atoms with Gasteiger partial charge in [0.05, 0.1) is 17.6 Å². The number of carbonyl (C=O) groups excluding carboxylic acids is 2.